The molecule has 2 aromatic rings. The number of esters is 1. The lowest BCUT2D eigenvalue weighted by Crippen LogP contribution is -2.06. The summed E-state index contributed by atoms with van der Waals surface area (Å²) in [6.45, 7) is 3.90. The van der Waals surface area contributed by atoms with Gasteiger partial charge in [0, 0.05) is 12.1 Å². The van der Waals surface area contributed by atoms with E-state index in [1.165, 1.54) is 0 Å². The van der Waals surface area contributed by atoms with Gasteiger partial charge in [-0.05, 0) is 51.5 Å². The minimum Gasteiger partial charge on any atom is -0.461 e. The SMILES string of the molecule is CCCCNc1[nH]c(C(=O)OCC)c(Br)c1-c1ccc(CO)c(CO)c1CO. The molecule has 0 fully saturated rings. The Morgan fingerprint density at radius 1 is 1.14 bits per heavy atom. The van der Waals surface area contributed by atoms with Crippen molar-refractivity contribution in [3.63, 3.8) is 0 Å². The lowest BCUT2D eigenvalue weighted by atomic mass is 9.93. The van der Waals surface area contributed by atoms with E-state index in [2.05, 4.69) is 33.2 Å². The van der Waals surface area contributed by atoms with Crippen molar-refractivity contribution in [2.45, 2.75) is 46.5 Å². The zero-order valence-electron chi connectivity index (χ0n) is 16.1. The van der Waals surface area contributed by atoms with Gasteiger partial charge in [-0.1, -0.05) is 25.5 Å². The van der Waals surface area contributed by atoms with E-state index in [9.17, 15) is 20.1 Å². The first-order valence-corrected chi connectivity index (χ1v) is 10.1. The van der Waals surface area contributed by atoms with Crippen LogP contribution in [0.15, 0.2) is 16.6 Å². The monoisotopic (exact) mass is 454 g/mol. The normalized spacial score (nSPS) is 10.9. The van der Waals surface area contributed by atoms with Crippen LogP contribution < -0.4 is 5.32 Å². The van der Waals surface area contributed by atoms with Crippen LogP contribution in [0.25, 0.3) is 11.1 Å². The Kier molecular flexibility index (Phi) is 8.50. The standard InChI is InChI=1S/C20H27BrN2O5/c1-3-5-8-22-19-16(17(21)18(23-19)20(27)28-4-2)13-7-6-12(9-24)14(10-25)15(13)11-26/h6-7,22-26H,3-5,8-11H2,1-2H3. The maximum atomic E-state index is 12.3. The number of H-pyrrole nitrogens is 1. The zero-order chi connectivity index (χ0) is 20.7. The molecule has 0 spiro atoms. The molecule has 0 saturated heterocycles. The van der Waals surface area contributed by atoms with Gasteiger partial charge in [0.05, 0.1) is 30.9 Å². The van der Waals surface area contributed by atoms with Gasteiger partial charge in [-0.3, -0.25) is 0 Å². The number of carbonyl (C=O) groups excluding carboxylic acids is 1. The summed E-state index contributed by atoms with van der Waals surface area (Å²) in [5.41, 5.74) is 3.13. The van der Waals surface area contributed by atoms with E-state index < -0.39 is 5.97 Å². The molecule has 0 unspecified atom stereocenters. The van der Waals surface area contributed by atoms with Crippen molar-refractivity contribution < 1.29 is 24.9 Å². The highest BCUT2D eigenvalue weighted by molar-refractivity contribution is 9.10. The van der Waals surface area contributed by atoms with Gasteiger partial charge < -0.3 is 30.4 Å². The van der Waals surface area contributed by atoms with E-state index in [0.29, 0.717) is 44.7 Å². The molecule has 0 amide bonds. The van der Waals surface area contributed by atoms with Gasteiger partial charge in [0.15, 0.2) is 0 Å². The Bertz CT molecular complexity index is 819. The molecule has 8 heteroatoms. The van der Waals surface area contributed by atoms with E-state index in [1.807, 2.05) is 0 Å². The highest BCUT2D eigenvalue weighted by Gasteiger charge is 2.25. The van der Waals surface area contributed by atoms with E-state index in [0.717, 1.165) is 12.8 Å². The number of benzene rings is 1. The zero-order valence-corrected chi connectivity index (χ0v) is 17.7. The average Bonchev–Trinajstić information content (AvgIpc) is 3.03. The summed E-state index contributed by atoms with van der Waals surface area (Å²) in [6, 6.07) is 3.48. The molecule has 28 heavy (non-hydrogen) atoms. The number of halogens is 1. The number of rotatable bonds is 10. The molecule has 154 valence electrons. The van der Waals surface area contributed by atoms with Crippen molar-refractivity contribution in [2.75, 3.05) is 18.5 Å². The fourth-order valence-electron chi connectivity index (χ4n) is 3.10. The van der Waals surface area contributed by atoms with Crippen LogP contribution in [-0.2, 0) is 24.6 Å². The minimum atomic E-state index is -0.487. The number of nitrogens with one attached hydrogen (secondary N) is 2. The number of aromatic amines is 1. The predicted octanol–water partition coefficient (Wildman–Crippen LogP) is 3.31. The third-order valence-electron chi connectivity index (χ3n) is 4.53. The number of aromatic nitrogens is 1. The first-order valence-electron chi connectivity index (χ1n) is 9.32. The Balaban J connectivity index is 2.67. The first-order chi connectivity index (χ1) is 13.5. The molecule has 1 heterocycles. The molecule has 0 saturated carbocycles. The first kappa shape index (κ1) is 22.4. The summed E-state index contributed by atoms with van der Waals surface area (Å²) >= 11 is 3.50. The molecule has 0 aliphatic heterocycles. The summed E-state index contributed by atoms with van der Waals surface area (Å²) in [5.74, 6) is 0.137. The summed E-state index contributed by atoms with van der Waals surface area (Å²) < 4.78 is 5.64. The van der Waals surface area contributed by atoms with Crippen molar-refractivity contribution in [1.82, 2.24) is 4.98 Å². The van der Waals surface area contributed by atoms with Crippen LogP contribution in [-0.4, -0.2) is 39.4 Å². The second kappa shape index (κ2) is 10.6. The van der Waals surface area contributed by atoms with Crippen molar-refractivity contribution in [3.05, 3.63) is 39.0 Å². The number of ether oxygens (including phenoxy) is 1. The fraction of sp³-hybridized carbons (Fsp3) is 0.450. The fourth-order valence-corrected chi connectivity index (χ4v) is 3.77. The summed E-state index contributed by atoms with van der Waals surface area (Å²) in [6.07, 6.45) is 1.96. The van der Waals surface area contributed by atoms with Crippen molar-refractivity contribution in [1.29, 1.82) is 0 Å². The number of anilines is 1. The highest BCUT2D eigenvalue weighted by atomic mass is 79.9. The molecule has 5 N–H and O–H groups in total. The highest BCUT2D eigenvalue weighted by Crippen LogP contribution is 2.41. The molecule has 1 aromatic carbocycles. The van der Waals surface area contributed by atoms with Gasteiger partial charge in [0.2, 0.25) is 0 Å². The topological polar surface area (TPSA) is 115 Å². The average molecular weight is 455 g/mol. The van der Waals surface area contributed by atoms with E-state index in [4.69, 9.17) is 4.74 Å². The molecule has 1 aromatic heterocycles. The van der Waals surface area contributed by atoms with Crippen LogP contribution >= 0.6 is 15.9 Å². The van der Waals surface area contributed by atoms with Crippen LogP contribution in [0.4, 0.5) is 5.82 Å². The Morgan fingerprint density at radius 2 is 1.86 bits per heavy atom. The molecule has 0 atom stereocenters. The quantitative estimate of drug-likeness (QED) is 0.278. The Labute approximate surface area is 172 Å². The Morgan fingerprint density at radius 3 is 2.43 bits per heavy atom. The molecular formula is C20H27BrN2O5. The van der Waals surface area contributed by atoms with E-state index in [-0.39, 0.29) is 32.1 Å². The smallest absolute Gasteiger partial charge is 0.355 e. The van der Waals surface area contributed by atoms with Crippen LogP contribution in [0.1, 0.15) is 53.9 Å². The van der Waals surface area contributed by atoms with Gasteiger partial charge in [-0.25, -0.2) is 4.79 Å². The second-order valence-corrected chi connectivity index (χ2v) is 7.06. The van der Waals surface area contributed by atoms with E-state index in [1.54, 1.807) is 19.1 Å². The van der Waals surface area contributed by atoms with Crippen molar-refractivity contribution in [3.8, 4) is 11.1 Å². The second-order valence-electron chi connectivity index (χ2n) is 6.27. The molecule has 0 aliphatic rings. The lowest BCUT2D eigenvalue weighted by molar-refractivity contribution is 0.0519. The maximum Gasteiger partial charge on any atom is 0.355 e. The van der Waals surface area contributed by atoms with Gasteiger partial charge in [-0.2, -0.15) is 0 Å². The van der Waals surface area contributed by atoms with Crippen molar-refractivity contribution in [2.24, 2.45) is 0 Å². The van der Waals surface area contributed by atoms with E-state index >= 15 is 0 Å². The lowest BCUT2D eigenvalue weighted by Gasteiger charge is -2.17. The van der Waals surface area contributed by atoms with Gasteiger partial charge >= 0.3 is 5.97 Å². The number of carbonyl (C=O) groups is 1. The van der Waals surface area contributed by atoms with Crippen molar-refractivity contribution >= 4 is 27.7 Å². The summed E-state index contributed by atoms with van der Waals surface area (Å²) in [4.78, 5) is 15.4. The maximum absolute atomic E-state index is 12.3. The summed E-state index contributed by atoms with van der Waals surface area (Å²) in [7, 11) is 0. The van der Waals surface area contributed by atoms with Crippen LogP contribution in [0, 0.1) is 0 Å². The van der Waals surface area contributed by atoms with Gasteiger partial charge in [-0.15, -0.1) is 0 Å². The molecular weight excluding hydrogens is 428 g/mol. The third-order valence-corrected chi connectivity index (χ3v) is 5.33. The molecule has 2 rings (SSSR count). The van der Waals surface area contributed by atoms with Crippen LogP contribution in [0.3, 0.4) is 0 Å². The molecule has 0 aliphatic carbocycles. The molecule has 0 radical (unpaired) electrons. The Hall–Kier alpha value is -1.87. The number of aliphatic hydroxyl groups is 3. The number of hydrogen-bond acceptors (Lipinski definition) is 6. The molecule has 0 bridgehead atoms. The van der Waals surface area contributed by atoms with Gasteiger partial charge in [0.1, 0.15) is 11.5 Å². The number of hydrogen-bond donors (Lipinski definition) is 5. The number of unbranched alkanes of at least 4 members (excludes halogenated alkanes) is 1. The largest absolute Gasteiger partial charge is 0.461 e. The minimum absolute atomic E-state index is 0.243. The predicted molar refractivity (Wildman–Crippen MR) is 111 cm³/mol. The number of aliphatic hydroxyl groups excluding tert-OH is 3. The van der Waals surface area contributed by atoms with Crippen LogP contribution in [0.2, 0.25) is 0 Å². The third kappa shape index (κ3) is 4.57. The van der Waals surface area contributed by atoms with Crippen LogP contribution in [0.5, 0.6) is 0 Å². The molecule has 7 nitrogen and oxygen atoms in total. The van der Waals surface area contributed by atoms with Gasteiger partial charge in [0.25, 0.3) is 0 Å². The summed E-state index contributed by atoms with van der Waals surface area (Å²) in [5, 5.41) is 32.6.